The van der Waals surface area contributed by atoms with Crippen LogP contribution in [0, 0.1) is 0 Å². The van der Waals surface area contributed by atoms with Gasteiger partial charge in [0.2, 0.25) is 0 Å². The van der Waals surface area contributed by atoms with E-state index >= 15 is 0 Å². The Labute approximate surface area is 160 Å². The van der Waals surface area contributed by atoms with Crippen LogP contribution in [0.15, 0.2) is 67.0 Å². The highest BCUT2D eigenvalue weighted by Gasteiger charge is 2.25. The summed E-state index contributed by atoms with van der Waals surface area (Å²) in [6.07, 6.45) is 3.47. The number of aromatic amines is 2. The van der Waals surface area contributed by atoms with Gasteiger partial charge in [0, 0.05) is 17.8 Å². The molecule has 6 rings (SSSR count). The average molecular weight is 368 g/mol. The number of benzene rings is 2. The van der Waals surface area contributed by atoms with Crippen LogP contribution in [-0.2, 0) is 0 Å². The molecule has 1 aliphatic heterocycles. The van der Waals surface area contributed by atoms with E-state index in [1.807, 2.05) is 54.9 Å². The summed E-state index contributed by atoms with van der Waals surface area (Å²) < 4.78 is 11.9. The molecule has 5 aromatic rings. The molecule has 0 aliphatic carbocycles. The lowest BCUT2D eigenvalue weighted by Gasteiger charge is -2.24. The summed E-state index contributed by atoms with van der Waals surface area (Å²) in [6.45, 7) is 0.429. The molecule has 4 heterocycles. The molecule has 3 aromatic heterocycles. The van der Waals surface area contributed by atoms with Gasteiger partial charge < -0.3 is 19.4 Å². The van der Waals surface area contributed by atoms with Gasteiger partial charge in [0.15, 0.2) is 23.4 Å². The molecule has 1 unspecified atom stereocenters. The van der Waals surface area contributed by atoms with Crippen LogP contribution in [0.25, 0.3) is 33.2 Å². The van der Waals surface area contributed by atoms with Gasteiger partial charge in [-0.2, -0.15) is 0 Å². The summed E-state index contributed by atoms with van der Waals surface area (Å²) in [5, 5.41) is 1.10. The highest BCUT2D eigenvalue weighted by Crippen LogP contribution is 2.36. The van der Waals surface area contributed by atoms with Crippen molar-refractivity contribution in [3.63, 3.8) is 0 Å². The van der Waals surface area contributed by atoms with Gasteiger partial charge in [-0.25, -0.2) is 9.97 Å². The third-order valence-corrected chi connectivity index (χ3v) is 5.08. The van der Waals surface area contributed by atoms with Crippen molar-refractivity contribution in [3.8, 4) is 22.6 Å². The monoisotopic (exact) mass is 368 g/mol. The molecule has 0 amide bonds. The number of fused-ring (bicyclic) bond motifs is 3. The van der Waals surface area contributed by atoms with Crippen molar-refractivity contribution >= 4 is 22.1 Å². The minimum atomic E-state index is -0.261. The van der Waals surface area contributed by atoms with Crippen LogP contribution in [0.3, 0.4) is 0 Å². The normalized spacial score (nSPS) is 15.9. The smallest absolute Gasteiger partial charge is 0.190 e. The van der Waals surface area contributed by atoms with E-state index < -0.39 is 0 Å². The Kier molecular flexibility index (Phi) is 3.19. The Morgan fingerprint density at radius 1 is 1.00 bits per heavy atom. The Balaban J connectivity index is 1.39. The lowest BCUT2D eigenvalue weighted by Crippen LogP contribution is -2.22. The van der Waals surface area contributed by atoms with E-state index in [0.717, 1.165) is 50.5 Å². The zero-order chi connectivity index (χ0) is 18.5. The summed E-state index contributed by atoms with van der Waals surface area (Å²) in [4.78, 5) is 15.7. The number of hydrogen-bond acceptors (Lipinski definition) is 4. The molecule has 2 N–H and O–H groups in total. The maximum atomic E-state index is 6.08. The number of nitrogens with one attached hydrogen (secondary N) is 2. The average Bonchev–Trinajstić information content (AvgIpc) is 3.39. The van der Waals surface area contributed by atoms with Gasteiger partial charge in [0.1, 0.15) is 12.3 Å². The number of rotatable bonds is 2. The number of pyridine rings is 1. The summed E-state index contributed by atoms with van der Waals surface area (Å²) in [5.41, 5.74) is 5.00. The van der Waals surface area contributed by atoms with E-state index in [4.69, 9.17) is 14.5 Å². The van der Waals surface area contributed by atoms with Crippen LogP contribution in [0.2, 0.25) is 0 Å². The number of ether oxygens (including phenoxy) is 2. The van der Waals surface area contributed by atoms with Crippen molar-refractivity contribution in [1.29, 1.82) is 0 Å². The van der Waals surface area contributed by atoms with E-state index in [-0.39, 0.29) is 6.10 Å². The van der Waals surface area contributed by atoms with Crippen molar-refractivity contribution in [2.75, 3.05) is 6.61 Å². The Morgan fingerprint density at radius 2 is 1.93 bits per heavy atom. The lowest BCUT2D eigenvalue weighted by atomic mass is 10.0. The SMILES string of the molecule is c1ccc2c(c1)OCC(c1nc3ccc(-c4ccnc5[nH]ccc45)cc3[nH]1)O2. The highest BCUT2D eigenvalue weighted by molar-refractivity contribution is 5.95. The van der Waals surface area contributed by atoms with Gasteiger partial charge in [-0.05, 0) is 47.5 Å². The predicted molar refractivity (Wildman–Crippen MR) is 106 cm³/mol. The molecule has 0 bridgehead atoms. The molecule has 2 aromatic carbocycles. The van der Waals surface area contributed by atoms with E-state index in [2.05, 4.69) is 27.1 Å². The number of H-pyrrole nitrogens is 2. The third-order valence-electron chi connectivity index (χ3n) is 5.08. The van der Waals surface area contributed by atoms with Gasteiger partial charge in [-0.15, -0.1) is 0 Å². The molecule has 1 atom stereocenters. The first kappa shape index (κ1) is 15.3. The molecule has 1 aliphatic rings. The van der Waals surface area contributed by atoms with Gasteiger partial charge in [-0.3, -0.25) is 0 Å². The fourth-order valence-corrected chi connectivity index (χ4v) is 3.72. The predicted octanol–water partition coefficient (Wildman–Crippen LogP) is 4.62. The van der Waals surface area contributed by atoms with Crippen molar-refractivity contribution in [2.45, 2.75) is 6.10 Å². The summed E-state index contributed by atoms with van der Waals surface area (Å²) in [6, 6.07) is 18.0. The fraction of sp³-hybridized carbons (Fsp3) is 0.0909. The van der Waals surface area contributed by atoms with Crippen molar-refractivity contribution in [2.24, 2.45) is 0 Å². The molecule has 0 saturated carbocycles. The molecule has 6 nitrogen and oxygen atoms in total. The first-order valence-corrected chi connectivity index (χ1v) is 9.16. The minimum absolute atomic E-state index is 0.261. The molecule has 0 saturated heterocycles. The topological polar surface area (TPSA) is 75.8 Å². The third kappa shape index (κ3) is 2.35. The molecular weight excluding hydrogens is 352 g/mol. The van der Waals surface area contributed by atoms with Crippen LogP contribution in [0.4, 0.5) is 0 Å². The van der Waals surface area contributed by atoms with Crippen LogP contribution in [0.1, 0.15) is 11.9 Å². The fourth-order valence-electron chi connectivity index (χ4n) is 3.72. The van der Waals surface area contributed by atoms with Crippen LogP contribution >= 0.6 is 0 Å². The quantitative estimate of drug-likeness (QED) is 0.477. The number of para-hydroxylation sites is 2. The number of imidazole rings is 1. The maximum absolute atomic E-state index is 6.08. The molecule has 136 valence electrons. The minimum Gasteiger partial charge on any atom is -0.485 e. The van der Waals surface area contributed by atoms with Gasteiger partial charge in [0.05, 0.1) is 11.0 Å². The summed E-state index contributed by atoms with van der Waals surface area (Å²) in [5.74, 6) is 2.28. The zero-order valence-corrected chi connectivity index (χ0v) is 14.8. The van der Waals surface area contributed by atoms with Gasteiger partial charge >= 0.3 is 0 Å². The van der Waals surface area contributed by atoms with Crippen LogP contribution in [-0.4, -0.2) is 26.5 Å². The highest BCUT2D eigenvalue weighted by atomic mass is 16.6. The Hall–Kier alpha value is -3.80. The summed E-state index contributed by atoms with van der Waals surface area (Å²) in [7, 11) is 0. The molecule has 28 heavy (non-hydrogen) atoms. The van der Waals surface area contributed by atoms with Gasteiger partial charge in [0.25, 0.3) is 0 Å². The van der Waals surface area contributed by atoms with Crippen molar-refractivity contribution in [3.05, 3.63) is 72.8 Å². The zero-order valence-electron chi connectivity index (χ0n) is 14.8. The molecular formula is C22H16N4O2. The van der Waals surface area contributed by atoms with Gasteiger partial charge in [-0.1, -0.05) is 18.2 Å². The van der Waals surface area contributed by atoms with Crippen LogP contribution in [0.5, 0.6) is 11.5 Å². The van der Waals surface area contributed by atoms with E-state index in [9.17, 15) is 0 Å². The Morgan fingerprint density at radius 3 is 2.89 bits per heavy atom. The second kappa shape index (κ2) is 5.85. The molecule has 0 spiro atoms. The van der Waals surface area contributed by atoms with Crippen molar-refractivity contribution < 1.29 is 9.47 Å². The molecule has 0 fully saturated rings. The second-order valence-electron chi connectivity index (χ2n) is 6.82. The van der Waals surface area contributed by atoms with E-state index in [1.165, 1.54) is 0 Å². The first-order valence-electron chi connectivity index (χ1n) is 9.16. The summed E-state index contributed by atoms with van der Waals surface area (Å²) >= 11 is 0. The first-order chi connectivity index (χ1) is 13.8. The van der Waals surface area contributed by atoms with E-state index in [0.29, 0.717) is 6.61 Å². The maximum Gasteiger partial charge on any atom is 0.190 e. The van der Waals surface area contributed by atoms with Crippen molar-refractivity contribution in [1.82, 2.24) is 19.9 Å². The molecule has 0 radical (unpaired) electrons. The number of hydrogen-bond donors (Lipinski definition) is 2. The largest absolute Gasteiger partial charge is 0.485 e. The Bertz CT molecular complexity index is 1320. The number of aromatic nitrogens is 4. The standard InChI is InChI=1S/C22H16N4O2/c1-2-4-19-18(3-1)27-12-20(28-19)22-25-16-6-5-13(11-17(16)26-22)14-7-9-23-21-15(14)8-10-24-21/h1-11,20H,12H2,(H,23,24)(H,25,26). The van der Waals surface area contributed by atoms with Crippen LogP contribution < -0.4 is 9.47 Å². The second-order valence-corrected chi connectivity index (χ2v) is 6.82. The lowest BCUT2D eigenvalue weighted by molar-refractivity contribution is 0.0859. The number of nitrogens with zero attached hydrogens (tertiary/aromatic N) is 2. The molecule has 6 heteroatoms. The van der Waals surface area contributed by atoms with E-state index in [1.54, 1.807) is 0 Å².